The summed E-state index contributed by atoms with van der Waals surface area (Å²) in [6.07, 6.45) is 9.50. The molecule has 1 aliphatic heterocycles. The first-order chi connectivity index (χ1) is 10.3. The molecule has 1 N–H and O–H groups in total. The van der Waals surface area contributed by atoms with Crippen LogP contribution in [0.3, 0.4) is 0 Å². The summed E-state index contributed by atoms with van der Waals surface area (Å²) in [6.45, 7) is 6.88. The zero-order chi connectivity index (χ0) is 14.7. The third kappa shape index (κ3) is 3.79. The quantitative estimate of drug-likeness (QED) is 0.862. The van der Waals surface area contributed by atoms with Crippen LogP contribution in [0.15, 0.2) is 18.2 Å². The van der Waals surface area contributed by atoms with E-state index >= 15 is 0 Å². The van der Waals surface area contributed by atoms with Crippen LogP contribution in [0.4, 0.5) is 5.69 Å². The van der Waals surface area contributed by atoms with Crippen LogP contribution in [0.1, 0.15) is 63.0 Å². The van der Waals surface area contributed by atoms with Crippen molar-refractivity contribution >= 4 is 5.69 Å². The molecule has 0 radical (unpaired) electrons. The van der Waals surface area contributed by atoms with Crippen molar-refractivity contribution in [3.8, 4) is 0 Å². The van der Waals surface area contributed by atoms with Gasteiger partial charge in [-0.15, -0.1) is 0 Å². The van der Waals surface area contributed by atoms with Crippen LogP contribution < -0.4 is 10.2 Å². The second-order valence-corrected chi connectivity index (χ2v) is 6.87. The third-order valence-corrected chi connectivity index (χ3v) is 5.16. The molecule has 1 atom stereocenters. The monoisotopic (exact) mass is 286 g/mol. The van der Waals surface area contributed by atoms with Crippen LogP contribution in [0, 0.1) is 6.92 Å². The van der Waals surface area contributed by atoms with Crippen LogP contribution in [0.5, 0.6) is 0 Å². The molecule has 21 heavy (non-hydrogen) atoms. The summed E-state index contributed by atoms with van der Waals surface area (Å²) in [4.78, 5) is 2.66. The van der Waals surface area contributed by atoms with Crippen molar-refractivity contribution in [3.63, 3.8) is 0 Å². The van der Waals surface area contributed by atoms with Gasteiger partial charge in [0.2, 0.25) is 0 Å². The highest BCUT2D eigenvalue weighted by Gasteiger charge is 2.21. The molecule has 1 unspecified atom stereocenters. The van der Waals surface area contributed by atoms with E-state index in [0.717, 1.165) is 18.6 Å². The summed E-state index contributed by atoms with van der Waals surface area (Å²) in [5, 5.41) is 3.63. The lowest BCUT2D eigenvalue weighted by atomic mass is 10.0. The SMILES string of the molecule is CCC1CCCCCN1c1ccc(CNC2CC2)c(C)c1. The van der Waals surface area contributed by atoms with Gasteiger partial charge in [-0.05, 0) is 62.3 Å². The highest BCUT2D eigenvalue weighted by molar-refractivity contribution is 5.51. The summed E-state index contributed by atoms with van der Waals surface area (Å²) in [5.74, 6) is 0. The first-order valence-electron chi connectivity index (χ1n) is 8.87. The summed E-state index contributed by atoms with van der Waals surface area (Å²) in [7, 11) is 0. The Bertz CT molecular complexity index is 465. The number of rotatable bonds is 5. The molecule has 1 aromatic rings. The molecule has 1 heterocycles. The molecular weight excluding hydrogens is 256 g/mol. The average Bonchev–Trinajstić information content (AvgIpc) is 3.32. The average molecular weight is 286 g/mol. The Morgan fingerprint density at radius 1 is 1.14 bits per heavy atom. The molecule has 2 nitrogen and oxygen atoms in total. The number of anilines is 1. The Hall–Kier alpha value is -1.02. The fourth-order valence-electron chi connectivity index (χ4n) is 3.54. The second kappa shape index (κ2) is 6.83. The van der Waals surface area contributed by atoms with Crippen molar-refractivity contribution in [2.24, 2.45) is 0 Å². The lowest BCUT2D eigenvalue weighted by molar-refractivity contribution is 0.556. The van der Waals surface area contributed by atoms with Gasteiger partial charge in [0, 0.05) is 30.9 Å². The molecule has 0 spiro atoms. The van der Waals surface area contributed by atoms with E-state index in [9.17, 15) is 0 Å². The van der Waals surface area contributed by atoms with Crippen LogP contribution in [-0.2, 0) is 6.54 Å². The van der Waals surface area contributed by atoms with Gasteiger partial charge < -0.3 is 10.2 Å². The molecule has 0 bridgehead atoms. The Morgan fingerprint density at radius 2 is 2.00 bits per heavy atom. The molecule has 0 aromatic heterocycles. The number of aryl methyl sites for hydroxylation is 1. The molecule has 2 heteroatoms. The molecule has 2 aliphatic rings. The van der Waals surface area contributed by atoms with Gasteiger partial charge in [-0.1, -0.05) is 25.8 Å². The van der Waals surface area contributed by atoms with Crippen molar-refractivity contribution in [2.45, 2.75) is 77.4 Å². The predicted octanol–water partition coefficient (Wildman–Crippen LogP) is 4.41. The van der Waals surface area contributed by atoms with Crippen LogP contribution in [0.2, 0.25) is 0 Å². The molecule has 3 rings (SSSR count). The predicted molar refractivity (Wildman–Crippen MR) is 90.9 cm³/mol. The highest BCUT2D eigenvalue weighted by Crippen LogP contribution is 2.28. The smallest absolute Gasteiger partial charge is 0.0371 e. The number of hydrogen-bond acceptors (Lipinski definition) is 2. The minimum absolute atomic E-state index is 0.738. The Labute approximate surface area is 129 Å². The van der Waals surface area contributed by atoms with E-state index in [4.69, 9.17) is 0 Å². The number of nitrogens with one attached hydrogen (secondary N) is 1. The maximum Gasteiger partial charge on any atom is 0.0371 e. The van der Waals surface area contributed by atoms with Crippen molar-refractivity contribution in [2.75, 3.05) is 11.4 Å². The van der Waals surface area contributed by atoms with E-state index in [0.29, 0.717) is 0 Å². The Balaban J connectivity index is 1.72. The van der Waals surface area contributed by atoms with Gasteiger partial charge in [0.1, 0.15) is 0 Å². The van der Waals surface area contributed by atoms with Crippen LogP contribution in [0.25, 0.3) is 0 Å². The summed E-state index contributed by atoms with van der Waals surface area (Å²) < 4.78 is 0. The lowest BCUT2D eigenvalue weighted by Gasteiger charge is -2.32. The van der Waals surface area contributed by atoms with Gasteiger partial charge in [-0.3, -0.25) is 0 Å². The van der Waals surface area contributed by atoms with E-state index < -0.39 is 0 Å². The summed E-state index contributed by atoms with van der Waals surface area (Å²) >= 11 is 0. The van der Waals surface area contributed by atoms with Crippen molar-refractivity contribution in [3.05, 3.63) is 29.3 Å². The minimum Gasteiger partial charge on any atom is -0.369 e. The zero-order valence-corrected chi connectivity index (χ0v) is 13.7. The minimum atomic E-state index is 0.738. The lowest BCUT2D eigenvalue weighted by Crippen LogP contribution is -2.34. The zero-order valence-electron chi connectivity index (χ0n) is 13.7. The van der Waals surface area contributed by atoms with E-state index in [1.807, 2.05) is 0 Å². The third-order valence-electron chi connectivity index (χ3n) is 5.16. The van der Waals surface area contributed by atoms with Crippen molar-refractivity contribution < 1.29 is 0 Å². The fraction of sp³-hybridized carbons (Fsp3) is 0.684. The van der Waals surface area contributed by atoms with Crippen molar-refractivity contribution in [1.82, 2.24) is 5.32 Å². The molecule has 2 fully saturated rings. The Kier molecular flexibility index (Phi) is 4.84. The number of nitrogens with zero attached hydrogens (tertiary/aromatic N) is 1. The van der Waals surface area contributed by atoms with Gasteiger partial charge in [0.25, 0.3) is 0 Å². The fourth-order valence-corrected chi connectivity index (χ4v) is 3.54. The van der Waals surface area contributed by atoms with E-state index in [1.54, 1.807) is 0 Å². The largest absolute Gasteiger partial charge is 0.369 e. The van der Waals surface area contributed by atoms with Gasteiger partial charge in [-0.2, -0.15) is 0 Å². The molecular formula is C19H30N2. The van der Waals surface area contributed by atoms with E-state index in [2.05, 4.69) is 42.3 Å². The number of benzene rings is 1. The van der Waals surface area contributed by atoms with Gasteiger partial charge in [0.05, 0.1) is 0 Å². The first kappa shape index (κ1) is 14.9. The van der Waals surface area contributed by atoms with Crippen LogP contribution >= 0.6 is 0 Å². The normalized spacial score (nSPS) is 23.1. The molecule has 0 amide bonds. The highest BCUT2D eigenvalue weighted by atomic mass is 15.2. The number of hydrogen-bond donors (Lipinski definition) is 1. The molecule has 1 aromatic carbocycles. The molecule has 1 saturated heterocycles. The topological polar surface area (TPSA) is 15.3 Å². The second-order valence-electron chi connectivity index (χ2n) is 6.87. The van der Waals surface area contributed by atoms with Crippen LogP contribution in [-0.4, -0.2) is 18.6 Å². The van der Waals surface area contributed by atoms with Gasteiger partial charge >= 0.3 is 0 Å². The van der Waals surface area contributed by atoms with Crippen molar-refractivity contribution in [1.29, 1.82) is 0 Å². The summed E-state index contributed by atoms with van der Waals surface area (Å²) in [6, 6.07) is 8.64. The van der Waals surface area contributed by atoms with Gasteiger partial charge in [-0.25, -0.2) is 0 Å². The van der Waals surface area contributed by atoms with Gasteiger partial charge in [0.15, 0.2) is 0 Å². The maximum absolute atomic E-state index is 3.63. The van der Waals surface area contributed by atoms with E-state index in [-0.39, 0.29) is 0 Å². The Morgan fingerprint density at radius 3 is 2.71 bits per heavy atom. The molecule has 116 valence electrons. The standard InChI is InChI=1S/C19H30N2/c1-3-18-7-5-4-6-12-21(18)19-11-8-16(15(2)13-19)14-20-17-9-10-17/h8,11,13,17-18,20H,3-7,9-10,12,14H2,1-2H3. The first-order valence-corrected chi connectivity index (χ1v) is 8.87. The summed E-state index contributed by atoms with van der Waals surface area (Å²) in [5.41, 5.74) is 4.35. The molecule has 1 saturated carbocycles. The maximum atomic E-state index is 3.63. The van der Waals surface area contributed by atoms with E-state index in [1.165, 1.54) is 68.3 Å². The molecule has 1 aliphatic carbocycles.